The van der Waals surface area contributed by atoms with E-state index in [-0.39, 0.29) is 12.6 Å². The summed E-state index contributed by atoms with van der Waals surface area (Å²) in [5.41, 5.74) is 9.25. The van der Waals surface area contributed by atoms with E-state index >= 15 is 0 Å². The van der Waals surface area contributed by atoms with E-state index in [0.29, 0.717) is 0 Å². The van der Waals surface area contributed by atoms with Crippen molar-refractivity contribution in [2.24, 2.45) is 5.73 Å². The zero-order chi connectivity index (χ0) is 9.26. The summed E-state index contributed by atoms with van der Waals surface area (Å²) in [6.07, 6.45) is 1.06. The van der Waals surface area contributed by atoms with E-state index in [9.17, 15) is 0 Å². The molecule has 0 bridgehead atoms. The van der Waals surface area contributed by atoms with Crippen LogP contribution < -0.4 is 11.1 Å². The lowest BCUT2D eigenvalue weighted by atomic mass is 10.0. The maximum absolute atomic E-state index is 8.90. The van der Waals surface area contributed by atoms with Gasteiger partial charge in [-0.2, -0.15) is 0 Å². The zero-order valence-corrected chi connectivity index (χ0v) is 7.46. The largest absolute Gasteiger partial charge is 0.394 e. The number of rotatable bonds is 2. The maximum Gasteiger partial charge on any atom is 0.0624 e. The Morgan fingerprint density at radius 3 is 3.15 bits per heavy atom. The SMILES string of the molecule is N[C@@H](CO)c1ccc2c(c1)CCN2. The van der Waals surface area contributed by atoms with Gasteiger partial charge in [0.2, 0.25) is 0 Å². The molecule has 1 aromatic rings. The predicted molar refractivity (Wildman–Crippen MR) is 52.6 cm³/mol. The molecule has 0 fully saturated rings. The fourth-order valence-electron chi connectivity index (χ4n) is 1.66. The molecule has 3 nitrogen and oxygen atoms in total. The highest BCUT2D eigenvalue weighted by Gasteiger charge is 2.12. The highest BCUT2D eigenvalue weighted by Crippen LogP contribution is 2.24. The van der Waals surface area contributed by atoms with Crippen molar-refractivity contribution in [3.63, 3.8) is 0 Å². The minimum atomic E-state index is -0.245. The summed E-state index contributed by atoms with van der Waals surface area (Å²) in [5.74, 6) is 0. The third-order valence-electron chi connectivity index (χ3n) is 2.46. The summed E-state index contributed by atoms with van der Waals surface area (Å²) in [7, 11) is 0. The molecular formula is C10H14N2O. The van der Waals surface area contributed by atoms with Crippen LogP contribution in [0.5, 0.6) is 0 Å². The summed E-state index contributed by atoms with van der Waals surface area (Å²) < 4.78 is 0. The second-order valence-corrected chi connectivity index (χ2v) is 3.38. The summed E-state index contributed by atoms with van der Waals surface area (Å²) in [5, 5.41) is 12.2. The van der Waals surface area contributed by atoms with Gasteiger partial charge in [-0.05, 0) is 23.6 Å². The van der Waals surface area contributed by atoms with E-state index in [1.807, 2.05) is 12.1 Å². The molecule has 0 aliphatic carbocycles. The number of anilines is 1. The monoisotopic (exact) mass is 178 g/mol. The summed E-state index contributed by atoms with van der Waals surface area (Å²) in [6.45, 7) is 1.01. The Morgan fingerprint density at radius 1 is 1.54 bits per heavy atom. The van der Waals surface area contributed by atoms with Gasteiger partial charge in [-0.25, -0.2) is 0 Å². The van der Waals surface area contributed by atoms with E-state index in [1.165, 1.54) is 11.3 Å². The molecule has 1 aliphatic rings. The third kappa shape index (κ3) is 1.53. The normalized spacial score (nSPS) is 16.5. The smallest absolute Gasteiger partial charge is 0.0624 e. The van der Waals surface area contributed by atoms with Crippen LogP contribution in [0.4, 0.5) is 5.69 Å². The van der Waals surface area contributed by atoms with Gasteiger partial charge in [0.05, 0.1) is 12.6 Å². The van der Waals surface area contributed by atoms with E-state index in [2.05, 4.69) is 11.4 Å². The predicted octanol–water partition coefficient (Wildman–Crippen LogP) is 0.647. The standard InChI is InChI=1S/C10H14N2O/c11-9(6-13)7-1-2-10-8(5-7)3-4-12-10/h1-2,5,9,12-13H,3-4,6,11H2/t9-/m0/s1. The Bertz CT molecular complexity index is 312. The van der Waals surface area contributed by atoms with E-state index in [0.717, 1.165) is 18.5 Å². The van der Waals surface area contributed by atoms with Crippen LogP contribution in [0.1, 0.15) is 17.2 Å². The van der Waals surface area contributed by atoms with Crippen LogP contribution in [-0.2, 0) is 6.42 Å². The second-order valence-electron chi connectivity index (χ2n) is 3.38. The average molecular weight is 178 g/mol. The van der Waals surface area contributed by atoms with Crippen molar-refractivity contribution in [1.82, 2.24) is 0 Å². The zero-order valence-electron chi connectivity index (χ0n) is 7.46. The van der Waals surface area contributed by atoms with E-state index in [4.69, 9.17) is 10.8 Å². The van der Waals surface area contributed by atoms with Crippen molar-refractivity contribution in [3.8, 4) is 0 Å². The second kappa shape index (κ2) is 3.36. The van der Waals surface area contributed by atoms with E-state index in [1.54, 1.807) is 0 Å². The van der Waals surface area contributed by atoms with Crippen molar-refractivity contribution < 1.29 is 5.11 Å². The van der Waals surface area contributed by atoms with Gasteiger partial charge in [-0.3, -0.25) is 0 Å². The van der Waals surface area contributed by atoms with Crippen molar-refractivity contribution in [1.29, 1.82) is 0 Å². The Labute approximate surface area is 77.6 Å². The number of nitrogens with one attached hydrogen (secondary N) is 1. The highest BCUT2D eigenvalue weighted by molar-refractivity contribution is 5.56. The van der Waals surface area contributed by atoms with Gasteiger partial charge in [0.15, 0.2) is 0 Å². The number of benzene rings is 1. The molecule has 13 heavy (non-hydrogen) atoms. The molecule has 0 saturated heterocycles. The van der Waals surface area contributed by atoms with Crippen LogP contribution in [0.2, 0.25) is 0 Å². The fourth-order valence-corrected chi connectivity index (χ4v) is 1.66. The number of nitrogens with two attached hydrogens (primary N) is 1. The number of fused-ring (bicyclic) bond motifs is 1. The van der Waals surface area contributed by atoms with Gasteiger partial charge in [0.25, 0.3) is 0 Å². The van der Waals surface area contributed by atoms with Gasteiger partial charge < -0.3 is 16.2 Å². The fraction of sp³-hybridized carbons (Fsp3) is 0.400. The summed E-state index contributed by atoms with van der Waals surface area (Å²) in [6, 6.07) is 5.84. The van der Waals surface area contributed by atoms with Gasteiger partial charge in [0.1, 0.15) is 0 Å². The van der Waals surface area contributed by atoms with Crippen molar-refractivity contribution in [3.05, 3.63) is 29.3 Å². The minimum absolute atomic E-state index is 0.00617. The van der Waals surface area contributed by atoms with Crippen LogP contribution in [-0.4, -0.2) is 18.3 Å². The lowest BCUT2D eigenvalue weighted by Gasteiger charge is -2.09. The third-order valence-corrected chi connectivity index (χ3v) is 2.46. The maximum atomic E-state index is 8.90. The first-order chi connectivity index (χ1) is 6.31. The topological polar surface area (TPSA) is 58.3 Å². The number of hydrogen-bond acceptors (Lipinski definition) is 3. The van der Waals surface area contributed by atoms with Gasteiger partial charge in [-0.1, -0.05) is 12.1 Å². The van der Waals surface area contributed by atoms with E-state index < -0.39 is 0 Å². The Morgan fingerprint density at radius 2 is 2.38 bits per heavy atom. The van der Waals surface area contributed by atoms with Crippen LogP contribution in [0.3, 0.4) is 0 Å². The molecule has 0 spiro atoms. The minimum Gasteiger partial charge on any atom is -0.394 e. The molecule has 2 rings (SSSR count). The molecule has 0 unspecified atom stereocenters. The molecule has 1 aliphatic heterocycles. The lowest BCUT2D eigenvalue weighted by molar-refractivity contribution is 0.268. The summed E-state index contributed by atoms with van der Waals surface area (Å²) >= 11 is 0. The van der Waals surface area contributed by atoms with Gasteiger partial charge in [-0.15, -0.1) is 0 Å². The van der Waals surface area contributed by atoms with Crippen molar-refractivity contribution >= 4 is 5.69 Å². The molecule has 70 valence electrons. The molecule has 0 radical (unpaired) electrons. The van der Waals surface area contributed by atoms with Crippen LogP contribution in [0, 0.1) is 0 Å². The first-order valence-electron chi connectivity index (χ1n) is 4.54. The number of aliphatic hydroxyl groups is 1. The highest BCUT2D eigenvalue weighted by atomic mass is 16.3. The van der Waals surface area contributed by atoms with Crippen molar-refractivity contribution in [2.75, 3.05) is 18.5 Å². The molecule has 1 aromatic carbocycles. The first kappa shape index (κ1) is 8.53. The summed E-state index contributed by atoms with van der Waals surface area (Å²) in [4.78, 5) is 0. The van der Waals surface area contributed by atoms with Gasteiger partial charge in [0, 0.05) is 12.2 Å². The quantitative estimate of drug-likeness (QED) is 0.623. The molecule has 1 heterocycles. The van der Waals surface area contributed by atoms with Crippen LogP contribution in [0.15, 0.2) is 18.2 Å². The molecular weight excluding hydrogens is 164 g/mol. The van der Waals surface area contributed by atoms with Crippen molar-refractivity contribution in [2.45, 2.75) is 12.5 Å². The molecule has 1 atom stereocenters. The van der Waals surface area contributed by atoms with Crippen LogP contribution >= 0.6 is 0 Å². The molecule has 0 aromatic heterocycles. The Balaban J connectivity index is 2.30. The Hall–Kier alpha value is -1.06. The molecule has 4 N–H and O–H groups in total. The Kier molecular flexibility index (Phi) is 2.20. The molecule has 0 saturated carbocycles. The molecule has 3 heteroatoms. The van der Waals surface area contributed by atoms with Crippen LogP contribution in [0.25, 0.3) is 0 Å². The average Bonchev–Trinajstić information content (AvgIpc) is 2.63. The number of hydrogen-bond donors (Lipinski definition) is 3. The number of aliphatic hydroxyl groups excluding tert-OH is 1. The first-order valence-corrected chi connectivity index (χ1v) is 4.54. The molecule has 0 amide bonds. The lowest BCUT2D eigenvalue weighted by Crippen LogP contribution is -2.14. The van der Waals surface area contributed by atoms with Gasteiger partial charge >= 0.3 is 0 Å².